The Bertz CT molecular complexity index is 1190. The van der Waals surface area contributed by atoms with E-state index in [4.69, 9.17) is 4.74 Å². The van der Waals surface area contributed by atoms with Crippen molar-refractivity contribution in [2.45, 2.75) is 0 Å². The smallest absolute Gasteiger partial charge is 0.272 e. The minimum atomic E-state index is -0.803. The fourth-order valence-corrected chi connectivity index (χ4v) is 3.07. The molecule has 0 spiro atoms. The molecule has 0 atom stereocenters. The molecule has 0 aliphatic heterocycles. The molecule has 0 N–H and O–H groups in total. The average molecular weight is 389 g/mol. The maximum Gasteiger partial charge on any atom is 0.272 e. The Morgan fingerprint density at radius 2 is 1.72 bits per heavy atom. The molecule has 0 aliphatic rings. The molecule has 6 nitrogen and oxygen atoms in total. The SMILES string of the molecule is Cn1nccc1-c1cc(-c2ccccc2)ccc1Oc1ccc([N+](=O)[O-])cc1F. The third-order valence-corrected chi connectivity index (χ3v) is 4.53. The number of aryl methyl sites for hydroxylation is 1. The zero-order valence-electron chi connectivity index (χ0n) is 15.4. The minimum Gasteiger partial charge on any atom is -0.454 e. The van der Waals surface area contributed by atoms with Gasteiger partial charge < -0.3 is 4.74 Å². The molecule has 0 amide bonds. The molecule has 4 aromatic rings. The van der Waals surface area contributed by atoms with Crippen LogP contribution in [0.5, 0.6) is 11.5 Å². The highest BCUT2D eigenvalue weighted by atomic mass is 19.1. The summed E-state index contributed by atoms with van der Waals surface area (Å²) in [7, 11) is 1.81. The summed E-state index contributed by atoms with van der Waals surface area (Å²) in [5, 5.41) is 15.0. The largest absolute Gasteiger partial charge is 0.454 e. The monoisotopic (exact) mass is 389 g/mol. The number of nitro benzene ring substituents is 1. The van der Waals surface area contributed by atoms with E-state index in [0.29, 0.717) is 5.75 Å². The molecule has 1 heterocycles. The van der Waals surface area contributed by atoms with Crippen LogP contribution in [0.1, 0.15) is 0 Å². The summed E-state index contributed by atoms with van der Waals surface area (Å²) < 4.78 is 21.9. The van der Waals surface area contributed by atoms with Crippen molar-refractivity contribution < 1.29 is 14.1 Å². The average Bonchev–Trinajstić information content (AvgIpc) is 3.16. The van der Waals surface area contributed by atoms with E-state index in [1.165, 1.54) is 12.1 Å². The molecule has 4 rings (SSSR count). The van der Waals surface area contributed by atoms with Crippen LogP contribution in [0.2, 0.25) is 0 Å². The molecule has 0 unspecified atom stereocenters. The summed E-state index contributed by atoms with van der Waals surface area (Å²) in [4.78, 5) is 10.2. The van der Waals surface area contributed by atoms with Gasteiger partial charge in [0.25, 0.3) is 5.69 Å². The van der Waals surface area contributed by atoms with Crippen LogP contribution in [0, 0.1) is 15.9 Å². The van der Waals surface area contributed by atoms with E-state index >= 15 is 0 Å². The van der Waals surface area contributed by atoms with Crippen molar-refractivity contribution in [2.24, 2.45) is 7.05 Å². The second kappa shape index (κ2) is 7.55. The Kier molecular flexibility index (Phi) is 4.78. The zero-order chi connectivity index (χ0) is 20.4. The molecule has 0 aliphatic carbocycles. The van der Waals surface area contributed by atoms with Crippen molar-refractivity contribution in [3.63, 3.8) is 0 Å². The van der Waals surface area contributed by atoms with Crippen LogP contribution >= 0.6 is 0 Å². The molecule has 29 heavy (non-hydrogen) atoms. The van der Waals surface area contributed by atoms with Gasteiger partial charge in [-0.1, -0.05) is 36.4 Å². The van der Waals surface area contributed by atoms with E-state index in [1.54, 1.807) is 24.0 Å². The first-order valence-electron chi connectivity index (χ1n) is 8.82. The number of halogens is 1. The number of hydrogen-bond donors (Lipinski definition) is 0. The van der Waals surface area contributed by atoms with Gasteiger partial charge in [-0.25, -0.2) is 4.39 Å². The van der Waals surface area contributed by atoms with Crippen LogP contribution in [0.4, 0.5) is 10.1 Å². The fraction of sp³-hybridized carbons (Fsp3) is 0.0455. The van der Waals surface area contributed by atoms with Gasteiger partial charge in [-0.3, -0.25) is 14.8 Å². The van der Waals surface area contributed by atoms with Crippen LogP contribution in [-0.4, -0.2) is 14.7 Å². The first-order valence-corrected chi connectivity index (χ1v) is 8.82. The minimum absolute atomic E-state index is 0.0912. The first kappa shape index (κ1) is 18.4. The number of benzene rings is 3. The van der Waals surface area contributed by atoms with E-state index in [2.05, 4.69) is 5.10 Å². The van der Waals surface area contributed by atoms with Crippen molar-refractivity contribution in [1.82, 2.24) is 9.78 Å². The van der Waals surface area contributed by atoms with Gasteiger partial charge in [0.05, 0.1) is 16.7 Å². The molecule has 0 saturated heterocycles. The summed E-state index contributed by atoms with van der Waals surface area (Å²) in [6.45, 7) is 0. The summed E-state index contributed by atoms with van der Waals surface area (Å²) in [5.41, 5.74) is 3.19. The van der Waals surface area contributed by atoms with Gasteiger partial charge in [-0.05, 0) is 35.4 Å². The van der Waals surface area contributed by atoms with E-state index in [-0.39, 0.29) is 11.4 Å². The standard InChI is InChI=1S/C22H16FN3O3/c1-25-20(11-12-24-25)18-13-16(15-5-3-2-4-6-15)7-9-21(18)29-22-10-8-17(26(27)28)14-19(22)23/h2-14H,1H3. The molecule has 0 bridgehead atoms. The third-order valence-electron chi connectivity index (χ3n) is 4.53. The Balaban J connectivity index is 1.79. The molecular formula is C22H16FN3O3. The predicted octanol–water partition coefficient (Wildman–Crippen LogP) is 5.59. The number of nitrogens with zero attached hydrogens (tertiary/aromatic N) is 3. The van der Waals surface area contributed by atoms with Gasteiger partial charge in [0.2, 0.25) is 0 Å². The van der Waals surface area contributed by atoms with Crippen molar-refractivity contribution in [3.05, 3.63) is 94.9 Å². The van der Waals surface area contributed by atoms with Crippen molar-refractivity contribution in [1.29, 1.82) is 0 Å². The summed E-state index contributed by atoms with van der Waals surface area (Å²) in [5.74, 6) is -0.477. The Hall–Kier alpha value is -4.00. The van der Waals surface area contributed by atoms with Gasteiger partial charge in [0.15, 0.2) is 11.6 Å². The number of ether oxygens (including phenoxy) is 1. The molecule has 7 heteroatoms. The van der Waals surface area contributed by atoms with Crippen LogP contribution in [-0.2, 0) is 7.05 Å². The molecule has 0 saturated carbocycles. The van der Waals surface area contributed by atoms with Gasteiger partial charge in [0, 0.05) is 24.9 Å². The van der Waals surface area contributed by atoms with Crippen LogP contribution in [0.15, 0.2) is 79.0 Å². The molecule has 144 valence electrons. The fourth-order valence-electron chi connectivity index (χ4n) is 3.07. The Morgan fingerprint density at radius 1 is 0.966 bits per heavy atom. The highest BCUT2D eigenvalue weighted by Crippen LogP contribution is 2.37. The normalized spacial score (nSPS) is 10.7. The lowest BCUT2D eigenvalue weighted by molar-refractivity contribution is -0.385. The lowest BCUT2D eigenvalue weighted by atomic mass is 10.0. The topological polar surface area (TPSA) is 70.2 Å². The molecule has 0 fully saturated rings. The predicted molar refractivity (Wildman–Crippen MR) is 107 cm³/mol. The number of rotatable bonds is 5. The summed E-state index contributed by atoms with van der Waals surface area (Å²) in [6, 6.07) is 20.6. The zero-order valence-corrected chi connectivity index (χ0v) is 15.4. The van der Waals surface area contributed by atoms with Gasteiger partial charge in [0.1, 0.15) is 5.75 Å². The lowest BCUT2D eigenvalue weighted by Crippen LogP contribution is -1.97. The third kappa shape index (κ3) is 3.70. The van der Waals surface area contributed by atoms with E-state index in [1.807, 2.05) is 48.5 Å². The second-order valence-electron chi connectivity index (χ2n) is 6.39. The maximum absolute atomic E-state index is 14.3. The molecule has 0 radical (unpaired) electrons. The number of non-ortho nitro benzene ring substituents is 1. The van der Waals surface area contributed by atoms with E-state index < -0.39 is 10.7 Å². The maximum atomic E-state index is 14.3. The van der Waals surface area contributed by atoms with E-state index in [0.717, 1.165) is 28.5 Å². The van der Waals surface area contributed by atoms with Gasteiger partial charge >= 0.3 is 0 Å². The Labute approximate surface area is 166 Å². The summed E-state index contributed by atoms with van der Waals surface area (Å²) >= 11 is 0. The van der Waals surface area contributed by atoms with Crippen LogP contribution in [0.3, 0.4) is 0 Å². The molecule has 1 aromatic heterocycles. The van der Waals surface area contributed by atoms with Gasteiger partial charge in [-0.2, -0.15) is 5.10 Å². The highest BCUT2D eigenvalue weighted by Gasteiger charge is 2.16. The van der Waals surface area contributed by atoms with Crippen LogP contribution in [0.25, 0.3) is 22.4 Å². The van der Waals surface area contributed by atoms with Crippen molar-refractivity contribution in [3.8, 4) is 33.9 Å². The van der Waals surface area contributed by atoms with E-state index in [9.17, 15) is 14.5 Å². The quantitative estimate of drug-likeness (QED) is 0.329. The van der Waals surface area contributed by atoms with Crippen molar-refractivity contribution >= 4 is 5.69 Å². The molecular weight excluding hydrogens is 373 g/mol. The molecule has 3 aromatic carbocycles. The first-order chi connectivity index (χ1) is 14.0. The lowest BCUT2D eigenvalue weighted by Gasteiger charge is -2.14. The van der Waals surface area contributed by atoms with Crippen LogP contribution < -0.4 is 4.74 Å². The number of nitro groups is 1. The Morgan fingerprint density at radius 3 is 2.38 bits per heavy atom. The number of aromatic nitrogens is 2. The second-order valence-corrected chi connectivity index (χ2v) is 6.39. The highest BCUT2D eigenvalue weighted by molar-refractivity contribution is 5.76. The number of hydrogen-bond acceptors (Lipinski definition) is 4. The van der Waals surface area contributed by atoms with Crippen molar-refractivity contribution in [2.75, 3.05) is 0 Å². The summed E-state index contributed by atoms with van der Waals surface area (Å²) in [6.07, 6.45) is 1.67. The van der Waals surface area contributed by atoms with Gasteiger partial charge in [-0.15, -0.1) is 0 Å².